The Hall–Kier alpha value is -3.56. The maximum Gasteiger partial charge on any atom is 0.332 e. The van der Waals surface area contributed by atoms with Gasteiger partial charge in [0.05, 0.1) is 27.0 Å². The highest BCUT2D eigenvalue weighted by atomic mass is 16.5. The average molecular weight is 345 g/mol. The number of ether oxygens (including phenoxy) is 3. The van der Waals surface area contributed by atoms with Crippen molar-refractivity contribution in [3.63, 3.8) is 0 Å². The lowest BCUT2D eigenvalue weighted by atomic mass is 10.2. The van der Waals surface area contributed by atoms with Gasteiger partial charge in [-0.1, -0.05) is 0 Å². The first-order valence-electron chi connectivity index (χ1n) is 7.07. The Balaban J connectivity index is 2.34. The van der Waals surface area contributed by atoms with Crippen molar-refractivity contribution >= 4 is 17.1 Å². The van der Waals surface area contributed by atoms with Crippen LogP contribution in [0, 0.1) is 0 Å². The fourth-order valence-electron chi connectivity index (χ4n) is 2.54. The molecule has 0 fully saturated rings. The van der Waals surface area contributed by atoms with E-state index in [4.69, 9.17) is 19.9 Å². The summed E-state index contributed by atoms with van der Waals surface area (Å²) in [7, 11) is 4.41. The number of nitrogens with zero attached hydrogens (tertiary/aromatic N) is 3. The molecule has 3 aromatic rings. The van der Waals surface area contributed by atoms with Crippen molar-refractivity contribution in [2.75, 3.05) is 21.3 Å². The lowest BCUT2D eigenvalue weighted by Gasteiger charge is -2.14. The summed E-state index contributed by atoms with van der Waals surface area (Å²) in [6, 6.07) is 3.17. The summed E-state index contributed by atoms with van der Waals surface area (Å²) in [5.41, 5.74) is 5.44. The number of primary amides is 1. The molecule has 10 heteroatoms. The topological polar surface area (TPSA) is 134 Å². The first kappa shape index (κ1) is 16.3. The molecule has 3 rings (SSSR count). The number of aromatic nitrogens is 4. The molecule has 0 spiro atoms. The molecule has 0 radical (unpaired) electrons. The van der Waals surface area contributed by atoms with Gasteiger partial charge in [-0.2, -0.15) is 0 Å². The van der Waals surface area contributed by atoms with E-state index in [9.17, 15) is 9.59 Å². The normalized spacial score (nSPS) is 10.7. The van der Waals surface area contributed by atoms with E-state index in [2.05, 4.69) is 15.0 Å². The zero-order valence-electron chi connectivity index (χ0n) is 13.7. The first-order valence-corrected chi connectivity index (χ1v) is 7.07. The number of fused-ring (bicyclic) bond motifs is 1. The Morgan fingerprint density at radius 2 is 1.76 bits per heavy atom. The van der Waals surface area contributed by atoms with Gasteiger partial charge in [0.25, 0.3) is 5.91 Å². The summed E-state index contributed by atoms with van der Waals surface area (Å²) in [4.78, 5) is 34.4. The molecule has 0 bridgehead atoms. The van der Waals surface area contributed by atoms with Gasteiger partial charge in [0.2, 0.25) is 5.75 Å². The van der Waals surface area contributed by atoms with Crippen molar-refractivity contribution in [2.45, 2.75) is 0 Å². The Morgan fingerprint density at radius 1 is 1.12 bits per heavy atom. The second kappa shape index (κ2) is 6.15. The van der Waals surface area contributed by atoms with E-state index in [0.29, 0.717) is 22.9 Å². The molecule has 25 heavy (non-hydrogen) atoms. The molecule has 0 aliphatic heterocycles. The second-order valence-corrected chi connectivity index (χ2v) is 4.93. The molecule has 3 N–H and O–H groups in total. The average Bonchev–Trinajstić information content (AvgIpc) is 2.95. The predicted molar refractivity (Wildman–Crippen MR) is 87.7 cm³/mol. The Kier molecular flexibility index (Phi) is 4.01. The minimum Gasteiger partial charge on any atom is -0.493 e. The van der Waals surface area contributed by atoms with Gasteiger partial charge in [-0.3, -0.25) is 4.79 Å². The van der Waals surface area contributed by atoms with Crippen LogP contribution in [0.3, 0.4) is 0 Å². The number of aromatic amines is 1. The summed E-state index contributed by atoms with van der Waals surface area (Å²) in [6.07, 6.45) is 1.16. The largest absolute Gasteiger partial charge is 0.493 e. The summed E-state index contributed by atoms with van der Waals surface area (Å²) in [5.74, 6) is 0.337. The van der Waals surface area contributed by atoms with Crippen molar-refractivity contribution in [3.8, 4) is 22.9 Å². The Bertz CT molecular complexity index is 998. The second-order valence-electron chi connectivity index (χ2n) is 4.93. The first-order chi connectivity index (χ1) is 12.0. The zero-order valence-corrected chi connectivity index (χ0v) is 13.7. The van der Waals surface area contributed by atoms with E-state index in [1.54, 1.807) is 12.1 Å². The fraction of sp³-hybridized carbons (Fsp3) is 0.200. The van der Waals surface area contributed by atoms with Crippen molar-refractivity contribution in [2.24, 2.45) is 5.73 Å². The van der Waals surface area contributed by atoms with E-state index in [1.165, 1.54) is 25.9 Å². The van der Waals surface area contributed by atoms with Crippen LogP contribution in [0.5, 0.6) is 17.2 Å². The lowest BCUT2D eigenvalue weighted by Crippen LogP contribution is -2.15. The fourth-order valence-corrected chi connectivity index (χ4v) is 2.54. The summed E-state index contributed by atoms with van der Waals surface area (Å²) in [5, 5.41) is 0. The Morgan fingerprint density at radius 3 is 2.28 bits per heavy atom. The van der Waals surface area contributed by atoms with Gasteiger partial charge in [-0.05, 0) is 0 Å². The number of carbonyl (C=O) groups is 1. The van der Waals surface area contributed by atoms with Crippen LogP contribution in [-0.4, -0.2) is 46.8 Å². The number of benzene rings is 1. The maximum absolute atomic E-state index is 12.4. The molecular weight excluding hydrogens is 330 g/mol. The molecule has 1 aromatic carbocycles. The van der Waals surface area contributed by atoms with Crippen LogP contribution in [0.15, 0.2) is 23.3 Å². The molecule has 0 saturated carbocycles. The third-order valence-corrected chi connectivity index (χ3v) is 3.62. The number of H-pyrrole nitrogens is 1. The molecule has 1 amide bonds. The summed E-state index contributed by atoms with van der Waals surface area (Å²) < 4.78 is 17.1. The van der Waals surface area contributed by atoms with Crippen LogP contribution in [0.1, 0.15) is 10.5 Å². The van der Waals surface area contributed by atoms with E-state index in [1.807, 2.05) is 0 Å². The number of imidazole rings is 1. The van der Waals surface area contributed by atoms with Crippen molar-refractivity contribution in [1.29, 1.82) is 0 Å². The summed E-state index contributed by atoms with van der Waals surface area (Å²) >= 11 is 0. The molecule has 0 unspecified atom stereocenters. The molecular formula is C15H15N5O5. The number of hydrogen-bond donors (Lipinski definition) is 2. The van der Waals surface area contributed by atoms with Crippen molar-refractivity contribution in [1.82, 2.24) is 19.5 Å². The highest BCUT2D eigenvalue weighted by molar-refractivity contribution is 6.01. The van der Waals surface area contributed by atoms with Gasteiger partial charge < -0.3 is 24.9 Å². The summed E-state index contributed by atoms with van der Waals surface area (Å²) in [6.45, 7) is 0. The number of methoxy groups -OCH3 is 3. The third-order valence-electron chi connectivity index (χ3n) is 3.62. The minimum atomic E-state index is -0.773. The number of carbonyl (C=O) groups excluding carboxylic acids is 1. The van der Waals surface area contributed by atoms with Gasteiger partial charge in [0.1, 0.15) is 11.8 Å². The van der Waals surface area contributed by atoms with Gasteiger partial charge >= 0.3 is 5.69 Å². The lowest BCUT2D eigenvalue weighted by molar-refractivity contribution is 0.0997. The Labute approximate surface area is 141 Å². The number of nitrogens with two attached hydrogens (primary N) is 1. The van der Waals surface area contributed by atoms with Crippen LogP contribution in [0.4, 0.5) is 0 Å². The number of amides is 1. The molecule has 2 heterocycles. The number of nitrogens with one attached hydrogen (secondary N) is 1. The van der Waals surface area contributed by atoms with E-state index < -0.39 is 11.6 Å². The van der Waals surface area contributed by atoms with Crippen LogP contribution in [-0.2, 0) is 0 Å². The van der Waals surface area contributed by atoms with E-state index >= 15 is 0 Å². The number of hydrogen-bond acceptors (Lipinski definition) is 7. The molecule has 0 aliphatic carbocycles. The van der Waals surface area contributed by atoms with Gasteiger partial charge in [0, 0.05) is 12.1 Å². The standard InChI is InChI=1S/C15H15N5O5/c1-23-8-4-7(5-9(24-2)12(8)25-3)20-14-11(19-15(20)22)10(13(16)21)17-6-18-14/h4-6H,1-3H3,(H2,16,21)(H,19,22). The van der Waals surface area contributed by atoms with Crippen LogP contribution < -0.4 is 25.6 Å². The highest BCUT2D eigenvalue weighted by Gasteiger charge is 2.20. The quantitative estimate of drug-likeness (QED) is 0.676. The molecule has 130 valence electrons. The third kappa shape index (κ3) is 2.53. The molecule has 0 saturated heterocycles. The molecule has 0 atom stereocenters. The van der Waals surface area contributed by atoms with Crippen LogP contribution in [0.25, 0.3) is 16.9 Å². The van der Waals surface area contributed by atoms with Crippen LogP contribution >= 0.6 is 0 Å². The monoisotopic (exact) mass is 345 g/mol. The predicted octanol–water partition coefficient (Wildman–Crippen LogP) is 0.234. The zero-order chi connectivity index (χ0) is 18.1. The minimum absolute atomic E-state index is 0.0757. The molecule has 10 nitrogen and oxygen atoms in total. The highest BCUT2D eigenvalue weighted by Crippen LogP contribution is 2.39. The smallest absolute Gasteiger partial charge is 0.332 e. The molecule has 0 aliphatic rings. The van der Waals surface area contributed by atoms with Crippen LogP contribution in [0.2, 0.25) is 0 Å². The van der Waals surface area contributed by atoms with Gasteiger partial charge in [0.15, 0.2) is 22.8 Å². The van der Waals surface area contributed by atoms with Crippen molar-refractivity contribution < 1.29 is 19.0 Å². The SMILES string of the molecule is COc1cc(-n2c(=O)[nH]c3c(C(N)=O)ncnc32)cc(OC)c1OC. The van der Waals surface area contributed by atoms with E-state index in [0.717, 1.165) is 6.33 Å². The van der Waals surface area contributed by atoms with Crippen molar-refractivity contribution in [3.05, 3.63) is 34.6 Å². The maximum atomic E-state index is 12.4. The van der Waals surface area contributed by atoms with Gasteiger partial charge in [-0.25, -0.2) is 19.3 Å². The van der Waals surface area contributed by atoms with Gasteiger partial charge in [-0.15, -0.1) is 0 Å². The van der Waals surface area contributed by atoms with E-state index in [-0.39, 0.29) is 16.9 Å². The number of rotatable bonds is 5. The molecule has 2 aromatic heterocycles.